The number of aliphatic hydroxyl groups excluding tert-OH is 1. The van der Waals surface area contributed by atoms with Crippen molar-refractivity contribution in [1.82, 2.24) is 29.2 Å². The quantitative estimate of drug-likeness (QED) is 0.00710. The SMILES string of the molecule is CCCCC/C=C\C/C=C\CCCCCCCC(=O)OCOC(=O)N1CCC(c2c[nH]c3ccc(-n4cc(C5CCN(C(=O)OCCCCCCCC/C=C\C/C=C\CCCC(C)C(C/C=C\C/C=C\CCCCC)CCCCCC(O)OC(S)OC(=O)N6CCC(c7c[nH]c8ccc(OC)cc78)CC6)CC5)c5cc(F)ccc54)cc23)CC1. The molecule has 6 aromatic rings. The zero-order valence-electron chi connectivity index (χ0n) is 72.0. The molecular formula is C99H143FN6O11S. The third-order valence-electron chi connectivity index (χ3n) is 24.5. The number of piperidine rings is 3. The van der Waals surface area contributed by atoms with E-state index in [9.17, 15) is 24.3 Å². The number of amides is 3. The van der Waals surface area contributed by atoms with E-state index in [-0.39, 0.29) is 36.5 Å². The van der Waals surface area contributed by atoms with E-state index in [0.717, 1.165) is 217 Å². The number of unbranched alkanes of at least 4 members (excludes halogenated alkanes) is 20. The molecule has 0 bridgehead atoms. The Morgan fingerprint density at radius 1 is 0.508 bits per heavy atom. The van der Waals surface area contributed by atoms with Gasteiger partial charge in [0.25, 0.3) is 5.62 Å². The summed E-state index contributed by atoms with van der Waals surface area (Å²) in [6, 6.07) is 17.5. The molecule has 3 aromatic carbocycles. The van der Waals surface area contributed by atoms with Crippen LogP contribution in [0, 0.1) is 17.7 Å². The molecule has 3 fully saturated rings. The zero-order chi connectivity index (χ0) is 83.2. The molecule has 3 amide bonds. The van der Waals surface area contributed by atoms with Crippen molar-refractivity contribution in [1.29, 1.82) is 0 Å². The molecule has 9 rings (SSSR count). The zero-order valence-corrected chi connectivity index (χ0v) is 72.9. The molecule has 0 saturated carbocycles. The Morgan fingerprint density at radius 2 is 1.00 bits per heavy atom. The number of methoxy groups -OCH3 is 1. The van der Waals surface area contributed by atoms with Crippen LogP contribution < -0.4 is 4.74 Å². The van der Waals surface area contributed by atoms with Crippen LogP contribution in [-0.2, 0) is 28.5 Å². The lowest BCUT2D eigenvalue weighted by Gasteiger charge is -2.32. The minimum Gasteiger partial charge on any atom is -0.497 e. The summed E-state index contributed by atoms with van der Waals surface area (Å²) in [7, 11) is 1.68. The molecule has 17 nitrogen and oxygen atoms in total. The van der Waals surface area contributed by atoms with Gasteiger partial charge < -0.3 is 62.8 Å². The molecule has 3 aromatic heterocycles. The molecule has 118 heavy (non-hydrogen) atoms. The summed E-state index contributed by atoms with van der Waals surface area (Å²) < 4.78 is 50.3. The fourth-order valence-corrected chi connectivity index (χ4v) is 17.4. The molecule has 6 heterocycles. The number of halogens is 1. The number of thiol groups is 1. The number of benzene rings is 3. The van der Waals surface area contributed by atoms with Crippen molar-refractivity contribution in [3.05, 3.63) is 169 Å². The number of aromatic amines is 2. The van der Waals surface area contributed by atoms with Crippen LogP contribution in [0.25, 0.3) is 38.4 Å². The van der Waals surface area contributed by atoms with Crippen LogP contribution in [0.3, 0.4) is 0 Å². The minimum absolute atomic E-state index is 0.152. The topological polar surface area (TPSA) is 190 Å². The fraction of sp³-hybridized carbons (Fsp3) is 0.596. The van der Waals surface area contributed by atoms with Crippen molar-refractivity contribution in [2.75, 3.05) is 59.8 Å². The lowest BCUT2D eigenvalue weighted by molar-refractivity contribution is -0.173. The number of aromatic nitrogens is 3. The molecule has 0 aliphatic carbocycles. The van der Waals surface area contributed by atoms with Gasteiger partial charge in [-0.15, -0.1) is 12.6 Å². The fourth-order valence-electron chi connectivity index (χ4n) is 17.2. The maximum Gasteiger partial charge on any atom is 0.412 e. The number of H-pyrrole nitrogens is 2. The number of likely N-dealkylation sites (tertiary alicyclic amines) is 3. The van der Waals surface area contributed by atoms with Crippen LogP contribution in [0.1, 0.15) is 312 Å². The summed E-state index contributed by atoms with van der Waals surface area (Å²) in [6.45, 7) is 10.3. The monoisotopic (exact) mass is 1640 g/mol. The Hall–Kier alpha value is -8.00. The molecule has 0 spiro atoms. The molecule has 19 heteroatoms. The first kappa shape index (κ1) is 93.9. The average molecular weight is 1640 g/mol. The highest BCUT2D eigenvalue weighted by atomic mass is 32.1. The summed E-state index contributed by atoms with van der Waals surface area (Å²) in [5.41, 5.74) is 6.39. The number of rotatable bonds is 54. The molecule has 3 aliphatic rings. The lowest BCUT2D eigenvalue weighted by atomic mass is 9.83. The Labute approximate surface area is 710 Å². The number of nitrogens with zero attached hydrogens (tertiary/aromatic N) is 4. The first-order valence-electron chi connectivity index (χ1n) is 45.7. The second-order valence-corrected chi connectivity index (χ2v) is 33.7. The van der Waals surface area contributed by atoms with Gasteiger partial charge in [-0.1, -0.05) is 184 Å². The van der Waals surface area contributed by atoms with Crippen molar-refractivity contribution in [3.8, 4) is 11.4 Å². The molecular weight excluding hydrogens is 1500 g/mol. The maximum absolute atomic E-state index is 15.1. The van der Waals surface area contributed by atoms with Crippen LogP contribution >= 0.6 is 12.6 Å². The van der Waals surface area contributed by atoms with Gasteiger partial charge in [0.15, 0.2) is 6.29 Å². The van der Waals surface area contributed by atoms with E-state index >= 15 is 4.39 Å². The molecule has 3 saturated heterocycles. The van der Waals surface area contributed by atoms with Crippen molar-refractivity contribution >= 4 is 69.6 Å². The predicted octanol–water partition coefficient (Wildman–Crippen LogP) is 26.3. The van der Waals surface area contributed by atoms with E-state index in [4.69, 9.17) is 28.4 Å². The number of fused-ring (bicyclic) bond motifs is 3. The van der Waals surface area contributed by atoms with E-state index in [1.807, 2.05) is 23.1 Å². The molecule has 3 N–H and O–H groups in total. The largest absolute Gasteiger partial charge is 0.497 e. The van der Waals surface area contributed by atoms with Gasteiger partial charge in [-0.05, 0) is 261 Å². The Balaban J connectivity index is 0.588. The summed E-state index contributed by atoms with van der Waals surface area (Å²) in [6.07, 6.45) is 72.7. The highest BCUT2D eigenvalue weighted by Crippen LogP contribution is 2.40. The van der Waals surface area contributed by atoms with E-state index in [1.54, 1.807) is 23.0 Å². The first-order valence-corrected chi connectivity index (χ1v) is 46.2. The van der Waals surface area contributed by atoms with Gasteiger partial charge in [0, 0.05) is 97.2 Å². The molecule has 4 unspecified atom stereocenters. The first-order chi connectivity index (χ1) is 57.8. The normalized spacial score (nSPS) is 16.1. The molecule has 648 valence electrons. The van der Waals surface area contributed by atoms with Gasteiger partial charge in [-0.2, -0.15) is 0 Å². The van der Waals surface area contributed by atoms with Crippen LogP contribution in [-0.4, -0.2) is 130 Å². The van der Waals surface area contributed by atoms with Gasteiger partial charge >= 0.3 is 24.2 Å². The number of carbonyl (C=O) groups excluding carboxylic acids is 4. The van der Waals surface area contributed by atoms with Crippen molar-refractivity contribution in [2.45, 2.75) is 307 Å². The average Bonchev–Trinajstić information content (AvgIpc) is 1.61. The number of esters is 1. The number of carbonyl (C=O) groups is 4. The van der Waals surface area contributed by atoms with Gasteiger partial charge in [-0.25, -0.2) is 18.8 Å². The van der Waals surface area contributed by atoms with E-state index in [2.05, 4.69) is 164 Å². The number of allylic oxidation sites excluding steroid dienone is 12. The van der Waals surface area contributed by atoms with Gasteiger partial charge in [0.1, 0.15) is 11.6 Å². The van der Waals surface area contributed by atoms with Gasteiger partial charge in [-0.3, -0.25) is 4.79 Å². The van der Waals surface area contributed by atoms with E-state index in [0.29, 0.717) is 76.5 Å². The number of hydrogen-bond donors (Lipinski definition) is 4. The van der Waals surface area contributed by atoms with Gasteiger partial charge in [0.05, 0.1) is 19.2 Å². The third kappa shape index (κ3) is 32.5. The second-order valence-electron chi connectivity index (χ2n) is 33.3. The summed E-state index contributed by atoms with van der Waals surface area (Å²) >= 11 is 4.37. The predicted molar refractivity (Wildman–Crippen MR) is 482 cm³/mol. The third-order valence-corrected chi connectivity index (χ3v) is 24.7. The molecule has 3 aliphatic heterocycles. The molecule has 0 radical (unpaired) electrons. The van der Waals surface area contributed by atoms with E-state index < -0.39 is 24.1 Å². The van der Waals surface area contributed by atoms with Crippen molar-refractivity contribution in [2.24, 2.45) is 11.8 Å². The van der Waals surface area contributed by atoms with E-state index in [1.165, 1.54) is 94.2 Å². The number of nitrogens with one attached hydrogen (secondary N) is 2. The Kier molecular flexibility index (Phi) is 43.2. The van der Waals surface area contributed by atoms with Crippen LogP contribution in [0.4, 0.5) is 18.8 Å². The standard InChI is InChI=1S/C99H143FN6O11S/c1-5-7-9-11-13-15-16-17-18-22-25-29-33-37-43-49-94(107)114-76-115-97(110)104-63-57-79(58-64-104)88-73-101-91-54-52-83(71-85(88)91)106-75-90(87-70-82(100)51-56-93(87)106)81-61-65-103(66-62-81)96(109)113-69-45-38-34-30-26-23-20-19-21-24-28-31-35-40-46-77(3)78(47-41-36-32-27-14-12-10-8-6-2)48-42-39-44-50-95(108)116-99(118)117-98(111)105-67-59-80(60-68-105)89-74-102-92-55-53-84(112-4)72-86(89)92/h13-15,17-19,21,27-28,31,36,41,51-56,70-75,77-81,95,99,101-102,108,118H,5-12,16,20,22-26,29-30,32-35,37-40,42-50,57-69,76H2,1-4H3/b15-13-,18-17-,21-19-,27-14-,31-28-,41-36-. The maximum atomic E-state index is 15.1. The van der Waals surface area contributed by atoms with Crippen LogP contribution in [0.5, 0.6) is 5.75 Å². The van der Waals surface area contributed by atoms with Crippen molar-refractivity contribution in [3.63, 3.8) is 0 Å². The highest BCUT2D eigenvalue weighted by Gasteiger charge is 2.32. The summed E-state index contributed by atoms with van der Waals surface area (Å²) in [4.78, 5) is 64.0. The lowest BCUT2D eigenvalue weighted by Crippen LogP contribution is -2.40. The Bertz CT molecular complexity index is 4070. The van der Waals surface area contributed by atoms with Crippen LogP contribution in [0.15, 0.2) is 146 Å². The minimum atomic E-state index is -1.15. The van der Waals surface area contributed by atoms with Crippen LogP contribution in [0.2, 0.25) is 0 Å². The van der Waals surface area contributed by atoms with Crippen molar-refractivity contribution < 1.29 is 57.1 Å². The second kappa shape index (κ2) is 54.3. The molecule has 4 atom stereocenters. The smallest absolute Gasteiger partial charge is 0.412 e. The summed E-state index contributed by atoms with van der Waals surface area (Å²) in [5, 5.41) is 13.9. The number of ether oxygens (including phenoxy) is 6. The van der Waals surface area contributed by atoms with Gasteiger partial charge in [0.2, 0.25) is 6.79 Å². The highest BCUT2D eigenvalue weighted by molar-refractivity contribution is 7.80. The summed E-state index contributed by atoms with van der Waals surface area (Å²) in [5.74, 6) is 2.10. The number of aliphatic hydroxyl groups is 1. The number of hydrogen-bond acceptors (Lipinski definition) is 12. The Morgan fingerprint density at radius 3 is 1.58 bits per heavy atom.